The highest BCUT2D eigenvalue weighted by atomic mass is 16.5. The van der Waals surface area contributed by atoms with E-state index in [4.69, 9.17) is 4.74 Å². The van der Waals surface area contributed by atoms with Crippen molar-refractivity contribution in [3.63, 3.8) is 0 Å². The van der Waals surface area contributed by atoms with Gasteiger partial charge in [0.1, 0.15) is 5.75 Å². The van der Waals surface area contributed by atoms with Gasteiger partial charge in [-0.15, -0.1) is 0 Å². The summed E-state index contributed by atoms with van der Waals surface area (Å²) < 4.78 is 5.26. The van der Waals surface area contributed by atoms with Crippen LogP contribution in [0.3, 0.4) is 0 Å². The van der Waals surface area contributed by atoms with Crippen molar-refractivity contribution in [2.75, 3.05) is 39.1 Å². The van der Waals surface area contributed by atoms with E-state index >= 15 is 0 Å². The first-order valence-corrected chi connectivity index (χ1v) is 7.57. The second-order valence-corrected chi connectivity index (χ2v) is 5.32. The highest BCUT2D eigenvalue weighted by Crippen LogP contribution is 2.26. The molecule has 0 aromatic heterocycles. The molecule has 0 radical (unpaired) electrons. The van der Waals surface area contributed by atoms with Gasteiger partial charge in [0, 0.05) is 31.6 Å². The number of carbonyl (C=O) groups excluding carboxylic acids is 2. The molecule has 120 valence electrons. The van der Waals surface area contributed by atoms with E-state index in [-0.39, 0.29) is 11.8 Å². The van der Waals surface area contributed by atoms with Gasteiger partial charge in [0.15, 0.2) is 0 Å². The second-order valence-electron chi connectivity index (χ2n) is 5.32. The first-order chi connectivity index (χ1) is 10.7. The zero-order chi connectivity index (χ0) is 15.9. The Morgan fingerprint density at radius 2 is 2.00 bits per heavy atom. The number of amides is 2. The fraction of sp³-hybridized carbons (Fsp3) is 0.500. The number of nitrogens with one attached hydrogen (secondary N) is 2. The largest absolute Gasteiger partial charge is 0.495 e. The third-order valence-electron chi connectivity index (χ3n) is 3.72. The average molecular weight is 305 g/mol. The average Bonchev–Trinajstić information content (AvgIpc) is 3.06. The Hall–Kier alpha value is -2.08. The molecular weight excluding hydrogens is 282 g/mol. The number of anilines is 1. The van der Waals surface area contributed by atoms with Crippen LogP contribution in [-0.4, -0.2) is 50.5 Å². The zero-order valence-corrected chi connectivity index (χ0v) is 13.1. The molecule has 1 aromatic carbocycles. The normalized spacial score (nSPS) is 14.0. The predicted octanol–water partition coefficient (Wildman–Crippen LogP) is 1.48. The van der Waals surface area contributed by atoms with Crippen molar-refractivity contribution in [1.82, 2.24) is 10.2 Å². The van der Waals surface area contributed by atoms with Crippen molar-refractivity contribution < 1.29 is 14.3 Å². The van der Waals surface area contributed by atoms with Crippen LogP contribution in [0.4, 0.5) is 5.69 Å². The Kier molecular flexibility index (Phi) is 5.77. The lowest BCUT2D eigenvalue weighted by Crippen LogP contribution is -2.27. The minimum Gasteiger partial charge on any atom is -0.495 e. The summed E-state index contributed by atoms with van der Waals surface area (Å²) in [4.78, 5) is 26.1. The predicted molar refractivity (Wildman–Crippen MR) is 85.3 cm³/mol. The van der Waals surface area contributed by atoms with E-state index in [1.165, 1.54) is 0 Å². The van der Waals surface area contributed by atoms with E-state index < -0.39 is 0 Å². The molecule has 1 fully saturated rings. The highest BCUT2D eigenvalue weighted by Gasteiger charge is 2.20. The van der Waals surface area contributed by atoms with Crippen LogP contribution in [0.5, 0.6) is 5.75 Å². The fourth-order valence-corrected chi connectivity index (χ4v) is 2.49. The van der Waals surface area contributed by atoms with E-state index in [1.54, 1.807) is 32.4 Å². The standard InChI is InChI=1S/C16H23N3O3/c1-17-8-7-15(20)18-13-11-12(5-6-14(13)22-2)16(21)19-9-3-4-10-19/h5-6,11,17H,3-4,7-10H2,1-2H3,(H,18,20). The van der Waals surface area contributed by atoms with Crippen LogP contribution in [-0.2, 0) is 4.79 Å². The third-order valence-corrected chi connectivity index (χ3v) is 3.72. The molecule has 0 spiro atoms. The smallest absolute Gasteiger partial charge is 0.253 e. The molecule has 1 heterocycles. The Morgan fingerprint density at radius 1 is 1.27 bits per heavy atom. The molecule has 2 amide bonds. The third kappa shape index (κ3) is 3.98. The van der Waals surface area contributed by atoms with Gasteiger partial charge < -0.3 is 20.3 Å². The van der Waals surface area contributed by atoms with Crippen molar-refractivity contribution in [2.24, 2.45) is 0 Å². The molecule has 1 saturated heterocycles. The lowest BCUT2D eigenvalue weighted by molar-refractivity contribution is -0.116. The SMILES string of the molecule is CNCCC(=O)Nc1cc(C(=O)N2CCCC2)ccc1OC. The highest BCUT2D eigenvalue weighted by molar-refractivity contribution is 5.98. The van der Waals surface area contributed by atoms with Crippen molar-refractivity contribution in [1.29, 1.82) is 0 Å². The first kappa shape index (κ1) is 16.3. The summed E-state index contributed by atoms with van der Waals surface area (Å²) in [5, 5.41) is 5.73. The van der Waals surface area contributed by atoms with E-state index in [1.807, 2.05) is 4.90 Å². The lowest BCUT2D eigenvalue weighted by atomic mass is 10.1. The van der Waals surface area contributed by atoms with Gasteiger partial charge in [-0.2, -0.15) is 0 Å². The van der Waals surface area contributed by atoms with Crippen LogP contribution in [0.25, 0.3) is 0 Å². The van der Waals surface area contributed by atoms with Gasteiger partial charge in [-0.05, 0) is 38.1 Å². The number of benzene rings is 1. The second kappa shape index (κ2) is 7.79. The molecule has 6 nitrogen and oxygen atoms in total. The topological polar surface area (TPSA) is 70.7 Å². The van der Waals surface area contributed by atoms with Crippen LogP contribution in [0.1, 0.15) is 29.6 Å². The van der Waals surface area contributed by atoms with Crippen LogP contribution in [0.15, 0.2) is 18.2 Å². The quantitative estimate of drug-likeness (QED) is 0.835. The molecule has 22 heavy (non-hydrogen) atoms. The van der Waals surface area contributed by atoms with Gasteiger partial charge >= 0.3 is 0 Å². The van der Waals surface area contributed by atoms with E-state index in [0.717, 1.165) is 25.9 Å². The van der Waals surface area contributed by atoms with Gasteiger partial charge in [-0.25, -0.2) is 0 Å². The maximum absolute atomic E-state index is 12.4. The van der Waals surface area contributed by atoms with E-state index in [0.29, 0.717) is 30.0 Å². The summed E-state index contributed by atoms with van der Waals surface area (Å²) in [5.41, 5.74) is 1.11. The van der Waals surface area contributed by atoms with Crippen LogP contribution in [0.2, 0.25) is 0 Å². The number of carbonyl (C=O) groups is 2. The number of methoxy groups -OCH3 is 1. The lowest BCUT2D eigenvalue weighted by Gasteiger charge is -2.17. The minimum absolute atomic E-state index is 0.00544. The number of ether oxygens (including phenoxy) is 1. The number of hydrogen-bond donors (Lipinski definition) is 2. The first-order valence-electron chi connectivity index (χ1n) is 7.57. The van der Waals surface area contributed by atoms with Gasteiger partial charge in [0.25, 0.3) is 5.91 Å². The zero-order valence-electron chi connectivity index (χ0n) is 13.1. The van der Waals surface area contributed by atoms with Gasteiger partial charge in [0.2, 0.25) is 5.91 Å². The molecule has 2 N–H and O–H groups in total. The number of hydrogen-bond acceptors (Lipinski definition) is 4. The van der Waals surface area contributed by atoms with Crippen LogP contribution < -0.4 is 15.4 Å². The molecule has 1 aliphatic rings. The number of likely N-dealkylation sites (tertiary alicyclic amines) is 1. The van der Waals surface area contributed by atoms with E-state index in [9.17, 15) is 9.59 Å². The van der Waals surface area contributed by atoms with E-state index in [2.05, 4.69) is 10.6 Å². The van der Waals surface area contributed by atoms with Gasteiger partial charge in [-0.3, -0.25) is 9.59 Å². The fourth-order valence-electron chi connectivity index (χ4n) is 2.49. The molecular formula is C16H23N3O3. The summed E-state index contributed by atoms with van der Waals surface area (Å²) in [7, 11) is 3.34. The monoisotopic (exact) mass is 305 g/mol. The van der Waals surface area contributed by atoms with Gasteiger partial charge in [0.05, 0.1) is 12.8 Å². The molecule has 1 aromatic rings. The molecule has 0 atom stereocenters. The Morgan fingerprint density at radius 3 is 2.64 bits per heavy atom. The molecule has 0 unspecified atom stereocenters. The molecule has 1 aliphatic heterocycles. The summed E-state index contributed by atoms with van der Waals surface area (Å²) in [5.74, 6) is 0.445. The van der Waals surface area contributed by atoms with Crippen molar-refractivity contribution in [2.45, 2.75) is 19.3 Å². The number of rotatable bonds is 6. The Bertz CT molecular complexity index is 539. The molecule has 0 aliphatic carbocycles. The molecule has 6 heteroatoms. The van der Waals surface area contributed by atoms with Crippen LogP contribution >= 0.6 is 0 Å². The summed E-state index contributed by atoms with van der Waals surface area (Å²) in [6.45, 7) is 2.20. The van der Waals surface area contributed by atoms with Crippen molar-refractivity contribution in [3.05, 3.63) is 23.8 Å². The molecule has 0 saturated carbocycles. The Balaban J connectivity index is 2.14. The summed E-state index contributed by atoms with van der Waals surface area (Å²) in [6, 6.07) is 5.15. The molecule has 2 rings (SSSR count). The van der Waals surface area contributed by atoms with Crippen molar-refractivity contribution >= 4 is 17.5 Å². The number of nitrogens with zero attached hydrogens (tertiary/aromatic N) is 1. The maximum atomic E-state index is 12.4. The maximum Gasteiger partial charge on any atom is 0.253 e. The Labute approximate surface area is 130 Å². The molecule has 0 bridgehead atoms. The van der Waals surface area contributed by atoms with Crippen molar-refractivity contribution in [3.8, 4) is 5.75 Å². The van der Waals surface area contributed by atoms with Gasteiger partial charge in [-0.1, -0.05) is 0 Å². The van der Waals surface area contributed by atoms with Crippen LogP contribution in [0, 0.1) is 0 Å². The minimum atomic E-state index is -0.113. The summed E-state index contributed by atoms with van der Waals surface area (Å²) in [6.07, 6.45) is 2.47. The summed E-state index contributed by atoms with van der Waals surface area (Å²) >= 11 is 0.